The van der Waals surface area contributed by atoms with Gasteiger partial charge in [0.15, 0.2) is 0 Å². The lowest BCUT2D eigenvalue weighted by atomic mass is 10.1. The number of rotatable bonds is 6. The fraction of sp³-hybridized carbons (Fsp3) is 0.571. The van der Waals surface area contributed by atoms with E-state index in [1.54, 1.807) is 17.8 Å². The quantitative estimate of drug-likeness (QED) is 0.781. The summed E-state index contributed by atoms with van der Waals surface area (Å²) in [6.07, 6.45) is 1.87. The Morgan fingerprint density at radius 2 is 2.06 bits per heavy atom. The highest BCUT2D eigenvalue weighted by Crippen LogP contribution is 2.25. The van der Waals surface area contributed by atoms with Gasteiger partial charge < -0.3 is 5.73 Å². The summed E-state index contributed by atoms with van der Waals surface area (Å²) in [6, 6.07) is 5.54. The van der Waals surface area contributed by atoms with Crippen LogP contribution in [0.3, 0.4) is 0 Å². The Bertz CT molecular complexity index is 352. The van der Waals surface area contributed by atoms with E-state index in [-0.39, 0.29) is 11.9 Å². The molecule has 2 N–H and O–H groups in total. The molecule has 0 saturated carbocycles. The van der Waals surface area contributed by atoms with Crippen molar-refractivity contribution < 1.29 is 4.39 Å². The molecule has 0 radical (unpaired) electrons. The molecule has 0 aliphatic rings. The Morgan fingerprint density at radius 3 is 2.59 bits per heavy atom. The van der Waals surface area contributed by atoms with Crippen LogP contribution in [0.15, 0.2) is 23.1 Å². The van der Waals surface area contributed by atoms with Crippen molar-refractivity contribution in [1.29, 1.82) is 0 Å². The predicted molar refractivity (Wildman–Crippen MR) is 73.9 cm³/mol. The molecule has 1 aromatic rings. The maximum Gasteiger partial charge on any atom is 0.137 e. The van der Waals surface area contributed by atoms with E-state index in [1.807, 2.05) is 19.1 Å². The third kappa shape index (κ3) is 5.09. The van der Waals surface area contributed by atoms with Crippen molar-refractivity contribution in [2.45, 2.75) is 44.6 Å². The Morgan fingerprint density at radius 1 is 1.35 bits per heavy atom. The molecule has 1 nitrogen and oxygen atoms in total. The SMILES string of the molecule is CCC(C)CSc1ccc(CC(C)N)cc1F. The monoisotopic (exact) mass is 255 g/mol. The number of benzene rings is 1. The highest BCUT2D eigenvalue weighted by Gasteiger charge is 2.07. The van der Waals surface area contributed by atoms with Gasteiger partial charge in [0.1, 0.15) is 5.82 Å². The minimum absolute atomic E-state index is 0.0769. The van der Waals surface area contributed by atoms with E-state index < -0.39 is 0 Å². The van der Waals surface area contributed by atoms with Crippen LogP contribution in [-0.4, -0.2) is 11.8 Å². The number of hydrogen-bond acceptors (Lipinski definition) is 2. The fourth-order valence-corrected chi connectivity index (χ4v) is 2.57. The summed E-state index contributed by atoms with van der Waals surface area (Å²) in [4.78, 5) is 0.749. The van der Waals surface area contributed by atoms with Crippen LogP contribution in [0.2, 0.25) is 0 Å². The summed E-state index contributed by atoms with van der Waals surface area (Å²) in [5, 5.41) is 0. The largest absolute Gasteiger partial charge is 0.328 e. The lowest BCUT2D eigenvalue weighted by Gasteiger charge is -2.10. The van der Waals surface area contributed by atoms with E-state index in [2.05, 4.69) is 13.8 Å². The summed E-state index contributed by atoms with van der Waals surface area (Å²) < 4.78 is 13.8. The second kappa shape index (κ2) is 7.02. The van der Waals surface area contributed by atoms with Gasteiger partial charge in [-0.15, -0.1) is 11.8 Å². The van der Waals surface area contributed by atoms with Crippen molar-refractivity contribution in [1.82, 2.24) is 0 Å². The van der Waals surface area contributed by atoms with Gasteiger partial charge in [-0.1, -0.05) is 26.3 Å². The number of hydrogen-bond donors (Lipinski definition) is 1. The lowest BCUT2D eigenvalue weighted by molar-refractivity contribution is 0.595. The number of nitrogens with two attached hydrogens (primary N) is 1. The minimum atomic E-state index is -0.114. The number of thioether (sulfide) groups is 1. The van der Waals surface area contributed by atoms with Gasteiger partial charge in [-0.2, -0.15) is 0 Å². The van der Waals surface area contributed by atoms with Crippen molar-refractivity contribution in [3.8, 4) is 0 Å². The van der Waals surface area contributed by atoms with Gasteiger partial charge in [0.25, 0.3) is 0 Å². The normalized spacial score (nSPS) is 14.6. The topological polar surface area (TPSA) is 26.0 Å². The van der Waals surface area contributed by atoms with Gasteiger partial charge in [0.05, 0.1) is 0 Å². The molecule has 0 saturated heterocycles. The first-order valence-electron chi connectivity index (χ1n) is 6.19. The van der Waals surface area contributed by atoms with Crippen LogP contribution in [-0.2, 0) is 6.42 Å². The minimum Gasteiger partial charge on any atom is -0.328 e. The van der Waals surface area contributed by atoms with E-state index in [4.69, 9.17) is 5.73 Å². The van der Waals surface area contributed by atoms with Crippen LogP contribution >= 0.6 is 11.8 Å². The second-order valence-corrected chi connectivity index (χ2v) is 5.83. The molecule has 0 heterocycles. The number of halogens is 1. The highest BCUT2D eigenvalue weighted by molar-refractivity contribution is 7.99. The molecular formula is C14H22FNS. The molecule has 0 bridgehead atoms. The zero-order valence-electron chi connectivity index (χ0n) is 10.9. The smallest absolute Gasteiger partial charge is 0.137 e. The van der Waals surface area contributed by atoms with Gasteiger partial charge in [-0.25, -0.2) is 4.39 Å². The van der Waals surface area contributed by atoms with E-state index in [0.29, 0.717) is 5.92 Å². The van der Waals surface area contributed by atoms with Crippen molar-refractivity contribution in [2.75, 3.05) is 5.75 Å². The summed E-state index contributed by atoms with van der Waals surface area (Å²) in [5.41, 5.74) is 6.68. The molecule has 3 heteroatoms. The van der Waals surface area contributed by atoms with Gasteiger partial charge in [0, 0.05) is 16.7 Å². The maximum atomic E-state index is 13.8. The average Bonchev–Trinajstić information content (AvgIpc) is 2.26. The molecule has 0 amide bonds. The van der Waals surface area contributed by atoms with E-state index >= 15 is 0 Å². The third-order valence-electron chi connectivity index (χ3n) is 2.77. The van der Waals surface area contributed by atoms with Gasteiger partial charge >= 0.3 is 0 Å². The van der Waals surface area contributed by atoms with Crippen molar-refractivity contribution in [3.05, 3.63) is 29.6 Å². The molecule has 0 spiro atoms. The van der Waals surface area contributed by atoms with Crippen LogP contribution < -0.4 is 5.73 Å². The Balaban J connectivity index is 2.63. The predicted octanol–water partition coefficient (Wildman–Crippen LogP) is 3.85. The van der Waals surface area contributed by atoms with Gasteiger partial charge in [0.2, 0.25) is 0 Å². The van der Waals surface area contributed by atoms with Crippen LogP contribution in [0.5, 0.6) is 0 Å². The van der Waals surface area contributed by atoms with Crippen LogP contribution in [0, 0.1) is 11.7 Å². The molecule has 0 aliphatic carbocycles. The molecular weight excluding hydrogens is 233 g/mol. The lowest BCUT2D eigenvalue weighted by Crippen LogP contribution is -2.17. The zero-order valence-corrected chi connectivity index (χ0v) is 11.7. The van der Waals surface area contributed by atoms with Crippen LogP contribution in [0.4, 0.5) is 4.39 Å². The van der Waals surface area contributed by atoms with Gasteiger partial charge in [-0.05, 0) is 37.0 Å². The molecule has 1 rings (SSSR count). The van der Waals surface area contributed by atoms with E-state index in [1.165, 1.54) is 0 Å². The summed E-state index contributed by atoms with van der Waals surface area (Å²) >= 11 is 1.60. The van der Waals surface area contributed by atoms with Crippen molar-refractivity contribution >= 4 is 11.8 Å². The first kappa shape index (κ1) is 14.5. The van der Waals surface area contributed by atoms with E-state index in [0.717, 1.165) is 29.1 Å². The molecule has 96 valence electrons. The molecule has 0 fully saturated rings. The first-order valence-corrected chi connectivity index (χ1v) is 7.18. The van der Waals surface area contributed by atoms with Gasteiger partial charge in [-0.3, -0.25) is 0 Å². The highest BCUT2D eigenvalue weighted by atomic mass is 32.2. The third-order valence-corrected chi connectivity index (χ3v) is 4.15. The summed E-state index contributed by atoms with van der Waals surface area (Å²) in [6.45, 7) is 6.28. The summed E-state index contributed by atoms with van der Waals surface area (Å²) in [7, 11) is 0. The molecule has 2 unspecified atom stereocenters. The van der Waals surface area contributed by atoms with Crippen LogP contribution in [0.25, 0.3) is 0 Å². The Labute approximate surface area is 108 Å². The van der Waals surface area contributed by atoms with E-state index in [9.17, 15) is 4.39 Å². The standard InChI is InChI=1S/C14H22FNS/c1-4-10(2)9-17-14-6-5-12(7-11(3)16)8-13(14)15/h5-6,8,10-11H,4,7,9,16H2,1-3H3. The first-order chi connectivity index (χ1) is 8.02. The zero-order chi connectivity index (χ0) is 12.8. The molecule has 2 atom stereocenters. The fourth-order valence-electron chi connectivity index (χ4n) is 1.51. The average molecular weight is 255 g/mol. The molecule has 0 aliphatic heterocycles. The van der Waals surface area contributed by atoms with Crippen molar-refractivity contribution in [3.63, 3.8) is 0 Å². The van der Waals surface area contributed by atoms with Crippen LogP contribution in [0.1, 0.15) is 32.8 Å². The summed E-state index contributed by atoms with van der Waals surface area (Å²) in [5.74, 6) is 1.49. The Kier molecular flexibility index (Phi) is 6.00. The molecule has 0 aromatic heterocycles. The molecule has 17 heavy (non-hydrogen) atoms. The maximum absolute atomic E-state index is 13.8. The second-order valence-electron chi connectivity index (χ2n) is 4.77. The molecule has 1 aromatic carbocycles. The Hall–Kier alpha value is -0.540. The van der Waals surface area contributed by atoms with Crippen molar-refractivity contribution in [2.24, 2.45) is 11.7 Å².